The van der Waals surface area contributed by atoms with Gasteiger partial charge in [0.2, 0.25) is 11.8 Å². The predicted octanol–water partition coefficient (Wildman–Crippen LogP) is 1.77. The maximum Gasteiger partial charge on any atom is 0.244 e. The highest BCUT2D eigenvalue weighted by molar-refractivity contribution is 5.88. The summed E-state index contributed by atoms with van der Waals surface area (Å²) in [6.07, 6.45) is 9.17. The van der Waals surface area contributed by atoms with Crippen molar-refractivity contribution in [1.29, 1.82) is 0 Å². The summed E-state index contributed by atoms with van der Waals surface area (Å²) in [6, 6.07) is 0.380. The molecule has 0 bridgehead atoms. The Kier molecular flexibility index (Phi) is 5.57. The number of nitrogens with one attached hydrogen (secondary N) is 1. The summed E-state index contributed by atoms with van der Waals surface area (Å²) in [5, 5.41) is 2.97. The molecule has 0 spiro atoms. The fraction of sp³-hybridized carbons (Fsp3) is 0.889. The van der Waals surface area contributed by atoms with Crippen LogP contribution in [0.2, 0.25) is 0 Å². The van der Waals surface area contributed by atoms with E-state index < -0.39 is 6.04 Å². The second kappa shape index (κ2) is 7.65. The Labute approximate surface area is 139 Å². The van der Waals surface area contributed by atoms with Gasteiger partial charge in [0.25, 0.3) is 0 Å². The lowest BCUT2D eigenvalue weighted by Crippen LogP contribution is -2.49. The number of hydrogen-bond acceptors (Lipinski definition) is 3. The average molecular weight is 321 g/mol. The molecule has 3 aliphatic rings. The minimum atomic E-state index is -0.392. The quantitative estimate of drug-likeness (QED) is 0.858. The van der Waals surface area contributed by atoms with E-state index in [9.17, 15) is 9.59 Å². The largest absolute Gasteiger partial charge is 0.344 e. The molecule has 3 fully saturated rings. The van der Waals surface area contributed by atoms with Gasteiger partial charge in [-0.05, 0) is 39.0 Å². The van der Waals surface area contributed by atoms with Crippen molar-refractivity contribution in [3.05, 3.63) is 0 Å². The van der Waals surface area contributed by atoms with Crippen molar-refractivity contribution in [2.24, 2.45) is 5.92 Å². The third-order valence-corrected chi connectivity index (χ3v) is 5.61. The van der Waals surface area contributed by atoms with Gasteiger partial charge in [-0.3, -0.25) is 14.5 Å². The smallest absolute Gasteiger partial charge is 0.244 e. The zero-order valence-electron chi connectivity index (χ0n) is 14.4. The SMILES string of the molecule is C[C@H](NC(=O)C1CCCCC1)C(=O)N1CCCN(C2CC2)CC1. The maximum atomic E-state index is 12.7. The van der Waals surface area contributed by atoms with Gasteiger partial charge in [-0.1, -0.05) is 19.3 Å². The number of carbonyl (C=O) groups is 2. The molecule has 130 valence electrons. The summed E-state index contributed by atoms with van der Waals surface area (Å²) in [7, 11) is 0. The van der Waals surface area contributed by atoms with Crippen molar-refractivity contribution >= 4 is 11.8 Å². The van der Waals surface area contributed by atoms with Crippen LogP contribution in [0, 0.1) is 5.92 Å². The highest BCUT2D eigenvalue weighted by Gasteiger charge is 2.32. The fourth-order valence-corrected chi connectivity index (χ4v) is 3.99. The summed E-state index contributed by atoms with van der Waals surface area (Å²) in [5.41, 5.74) is 0. The van der Waals surface area contributed by atoms with Crippen LogP contribution in [-0.2, 0) is 9.59 Å². The second-order valence-corrected chi connectivity index (χ2v) is 7.51. The molecule has 5 nitrogen and oxygen atoms in total. The Balaban J connectivity index is 1.47. The highest BCUT2D eigenvalue weighted by atomic mass is 16.2. The molecule has 0 aromatic rings. The van der Waals surface area contributed by atoms with Crippen LogP contribution in [0.5, 0.6) is 0 Å². The number of hydrogen-bond donors (Lipinski definition) is 1. The molecule has 2 saturated carbocycles. The lowest BCUT2D eigenvalue weighted by atomic mass is 9.88. The van der Waals surface area contributed by atoms with Crippen molar-refractivity contribution in [2.45, 2.75) is 70.4 Å². The van der Waals surface area contributed by atoms with Crippen molar-refractivity contribution in [2.75, 3.05) is 26.2 Å². The van der Waals surface area contributed by atoms with E-state index >= 15 is 0 Å². The van der Waals surface area contributed by atoms with E-state index in [1.807, 2.05) is 11.8 Å². The zero-order valence-corrected chi connectivity index (χ0v) is 14.4. The van der Waals surface area contributed by atoms with Crippen LogP contribution >= 0.6 is 0 Å². The van der Waals surface area contributed by atoms with Gasteiger partial charge in [0.15, 0.2) is 0 Å². The number of carbonyl (C=O) groups excluding carboxylic acids is 2. The molecule has 2 aliphatic carbocycles. The summed E-state index contributed by atoms with van der Waals surface area (Å²) < 4.78 is 0. The second-order valence-electron chi connectivity index (χ2n) is 7.51. The summed E-state index contributed by atoms with van der Waals surface area (Å²) in [4.78, 5) is 29.5. The van der Waals surface area contributed by atoms with Crippen LogP contribution in [0.4, 0.5) is 0 Å². The predicted molar refractivity (Wildman–Crippen MR) is 90.0 cm³/mol. The summed E-state index contributed by atoms with van der Waals surface area (Å²) in [6.45, 7) is 5.56. The molecular weight excluding hydrogens is 290 g/mol. The lowest BCUT2D eigenvalue weighted by molar-refractivity contribution is -0.137. The Hall–Kier alpha value is -1.10. The minimum Gasteiger partial charge on any atom is -0.344 e. The molecule has 2 amide bonds. The average Bonchev–Trinajstić information content (AvgIpc) is 3.40. The molecule has 1 atom stereocenters. The van der Waals surface area contributed by atoms with Crippen LogP contribution in [-0.4, -0.2) is 59.9 Å². The van der Waals surface area contributed by atoms with Gasteiger partial charge in [-0.15, -0.1) is 0 Å². The summed E-state index contributed by atoms with van der Waals surface area (Å²) >= 11 is 0. The molecule has 0 unspecified atom stereocenters. The van der Waals surface area contributed by atoms with E-state index in [-0.39, 0.29) is 17.7 Å². The van der Waals surface area contributed by atoms with Crippen LogP contribution in [0.3, 0.4) is 0 Å². The summed E-state index contributed by atoms with van der Waals surface area (Å²) in [5.74, 6) is 0.292. The van der Waals surface area contributed by atoms with E-state index in [0.717, 1.165) is 64.3 Å². The van der Waals surface area contributed by atoms with E-state index in [0.29, 0.717) is 0 Å². The Morgan fingerprint density at radius 2 is 1.65 bits per heavy atom. The molecule has 1 saturated heterocycles. The van der Waals surface area contributed by atoms with Crippen molar-refractivity contribution in [1.82, 2.24) is 15.1 Å². The zero-order chi connectivity index (χ0) is 16.2. The molecule has 5 heteroatoms. The van der Waals surface area contributed by atoms with Crippen molar-refractivity contribution < 1.29 is 9.59 Å². The first kappa shape index (κ1) is 16.7. The first-order valence-corrected chi connectivity index (χ1v) is 9.48. The molecule has 1 aliphatic heterocycles. The van der Waals surface area contributed by atoms with Gasteiger partial charge in [-0.2, -0.15) is 0 Å². The van der Waals surface area contributed by atoms with E-state index in [4.69, 9.17) is 0 Å². The molecule has 0 radical (unpaired) electrons. The van der Waals surface area contributed by atoms with E-state index in [1.54, 1.807) is 0 Å². The van der Waals surface area contributed by atoms with Crippen molar-refractivity contribution in [3.8, 4) is 0 Å². The fourth-order valence-electron chi connectivity index (χ4n) is 3.99. The molecule has 1 heterocycles. The Bertz CT molecular complexity index is 430. The van der Waals surface area contributed by atoms with Crippen LogP contribution in [0.1, 0.15) is 58.3 Å². The molecular formula is C18H31N3O2. The normalized spacial score (nSPS) is 25.7. The van der Waals surface area contributed by atoms with Crippen molar-refractivity contribution in [3.63, 3.8) is 0 Å². The third-order valence-electron chi connectivity index (χ3n) is 5.61. The number of rotatable bonds is 4. The van der Waals surface area contributed by atoms with Gasteiger partial charge in [0.1, 0.15) is 6.04 Å². The van der Waals surface area contributed by atoms with Gasteiger partial charge in [0, 0.05) is 38.1 Å². The first-order valence-electron chi connectivity index (χ1n) is 9.48. The topological polar surface area (TPSA) is 52.7 Å². The molecule has 23 heavy (non-hydrogen) atoms. The van der Waals surface area contributed by atoms with Gasteiger partial charge in [-0.25, -0.2) is 0 Å². The van der Waals surface area contributed by atoms with Crippen LogP contribution in [0.15, 0.2) is 0 Å². The Morgan fingerprint density at radius 3 is 2.35 bits per heavy atom. The maximum absolute atomic E-state index is 12.7. The first-order chi connectivity index (χ1) is 11.1. The number of amides is 2. The third kappa shape index (κ3) is 4.46. The minimum absolute atomic E-state index is 0.0833. The lowest BCUT2D eigenvalue weighted by Gasteiger charge is -2.27. The number of nitrogens with zero attached hydrogens (tertiary/aromatic N) is 2. The monoisotopic (exact) mass is 321 g/mol. The van der Waals surface area contributed by atoms with E-state index in [2.05, 4.69) is 10.2 Å². The Morgan fingerprint density at radius 1 is 0.913 bits per heavy atom. The molecule has 0 aromatic carbocycles. The van der Waals surface area contributed by atoms with Gasteiger partial charge in [0.05, 0.1) is 0 Å². The molecule has 3 rings (SSSR count). The highest BCUT2D eigenvalue weighted by Crippen LogP contribution is 2.27. The van der Waals surface area contributed by atoms with Gasteiger partial charge < -0.3 is 10.2 Å². The van der Waals surface area contributed by atoms with Gasteiger partial charge >= 0.3 is 0 Å². The standard InChI is InChI=1S/C18H31N3O2/c1-14(19-17(22)15-6-3-2-4-7-15)18(23)21-11-5-10-20(12-13-21)16-8-9-16/h14-16H,2-13H2,1H3,(H,19,22)/t14-/m0/s1. The molecule has 0 aromatic heterocycles. The van der Waals surface area contributed by atoms with Crippen LogP contribution < -0.4 is 5.32 Å². The van der Waals surface area contributed by atoms with E-state index in [1.165, 1.54) is 19.3 Å². The van der Waals surface area contributed by atoms with Crippen LogP contribution in [0.25, 0.3) is 0 Å². The molecule has 1 N–H and O–H groups in total.